The lowest BCUT2D eigenvalue weighted by Crippen LogP contribution is -2.38. The number of carboxylic acids is 1. The van der Waals surface area contributed by atoms with Crippen molar-refractivity contribution in [2.75, 3.05) is 6.26 Å². The zero-order chi connectivity index (χ0) is 17.3. The highest BCUT2D eigenvalue weighted by molar-refractivity contribution is 7.91. The summed E-state index contributed by atoms with van der Waals surface area (Å²) in [5.41, 5.74) is 0. The monoisotopic (exact) mass is 361 g/mol. The van der Waals surface area contributed by atoms with E-state index in [9.17, 15) is 21.6 Å². The molecule has 0 unspecified atom stereocenters. The summed E-state index contributed by atoms with van der Waals surface area (Å²) in [6, 6.07) is 4.84. The number of benzene rings is 1. The van der Waals surface area contributed by atoms with E-state index in [1.165, 1.54) is 18.2 Å². The Hall–Kier alpha value is -1.45. The van der Waals surface area contributed by atoms with E-state index in [-0.39, 0.29) is 15.8 Å². The lowest BCUT2D eigenvalue weighted by atomic mass is 9.87. The van der Waals surface area contributed by atoms with Gasteiger partial charge in [-0.15, -0.1) is 0 Å². The number of hydrogen-bond donors (Lipinski definition) is 2. The summed E-state index contributed by atoms with van der Waals surface area (Å²) in [6.07, 6.45) is 2.75. The van der Waals surface area contributed by atoms with Crippen LogP contribution in [0.15, 0.2) is 34.1 Å². The highest BCUT2D eigenvalue weighted by atomic mass is 32.2. The standard InChI is InChI=1S/C14H19NO6S2/c1-22(18,19)12-3-2-4-13(9-12)23(20,21)15-11-7-5-10(6-8-11)14(16)17/h2-4,9-11,15H,5-8H2,1H3,(H,16,17). The molecule has 7 nitrogen and oxygen atoms in total. The summed E-state index contributed by atoms with van der Waals surface area (Å²) in [7, 11) is -7.34. The van der Waals surface area contributed by atoms with Gasteiger partial charge in [-0.25, -0.2) is 21.6 Å². The molecule has 128 valence electrons. The maximum atomic E-state index is 12.4. The molecule has 9 heteroatoms. The van der Waals surface area contributed by atoms with E-state index in [2.05, 4.69) is 4.72 Å². The van der Waals surface area contributed by atoms with E-state index < -0.39 is 31.7 Å². The normalized spacial score (nSPS) is 22.7. The van der Waals surface area contributed by atoms with Crippen molar-refractivity contribution in [2.45, 2.75) is 41.5 Å². The van der Waals surface area contributed by atoms with E-state index >= 15 is 0 Å². The molecule has 2 N–H and O–H groups in total. The molecule has 23 heavy (non-hydrogen) atoms. The van der Waals surface area contributed by atoms with Crippen LogP contribution in [0.4, 0.5) is 0 Å². The largest absolute Gasteiger partial charge is 0.481 e. The molecule has 0 heterocycles. The smallest absolute Gasteiger partial charge is 0.306 e. The highest BCUT2D eigenvalue weighted by Gasteiger charge is 2.29. The number of hydrogen-bond acceptors (Lipinski definition) is 5. The minimum atomic E-state index is -3.84. The van der Waals surface area contributed by atoms with Crippen molar-refractivity contribution in [3.05, 3.63) is 24.3 Å². The third kappa shape index (κ3) is 4.52. The van der Waals surface area contributed by atoms with Gasteiger partial charge in [0.1, 0.15) is 0 Å². The molecular weight excluding hydrogens is 342 g/mol. The predicted molar refractivity (Wildman–Crippen MR) is 83.3 cm³/mol. The molecule has 1 fully saturated rings. The zero-order valence-electron chi connectivity index (χ0n) is 12.6. The Labute approximate surface area is 135 Å². The average molecular weight is 361 g/mol. The van der Waals surface area contributed by atoms with E-state index in [0.717, 1.165) is 12.3 Å². The highest BCUT2D eigenvalue weighted by Crippen LogP contribution is 2.26. The van der Waals surface area contributed by atoms with Crippen molar-refractivity contribution in [1.82, 2.24) is 4.72 Å². The molecule has 0 aliphatic heterocycles. The molecule has 2 rings (SSSR count). The number of sulfone groups is 1. The fourth-order valence-electron chi connectivity index (χ4n) is 2.62. The first-order chi connectivity index (χ1) is 10.6. The molecule has 1 aliphatic rings. The van der Waals surface area contributed by atoms with E-state index in [0.29, 0.717) is 25.7 Å². The Bertz CT molecular complexity index is 792. The van der Waals surface area contributed by atoms with Crippen molar-refractivity contribution >= 4 is 25.8 Å². The van der Waals surface area contributed by atoms with Gasteiger partial charge < -0.3 is 5.11 Å². The van der Waals surface area contributed by atoms with E-state index in [4.69, 9.17) is 5.11 Å². The molecule has 0 bridgehead atoms. The van der Waals surface area contributed by atoms with E-state index in [1.807, 2.05) is 0 Å². The topological polar surface area (TPSA) is 118 Å². The molecule has 1 aliphatic carbocycles. The van der Waals surface area contributed by atoms with Gasteiger partial charge in [0.05, 0.1) is 15.7 Å². The van der Waals surface area contributed by atoms with Crippen LogP contribution in [-0.2, 0) is 24.7 Å². The Morgan fingerprint density at radius 2 is 1.65 bits per heavy atom. The van der Waals surface area contributed by atoms with Gasteiger partial charge in [-0.05, 0) is 43.9 Å². The third-order valence-electron chi connectivity index (χ3n) is 3.94. The number of carboxylic acid groups (broad SMARTS) is 1. The van der Waals surface area contributed by atoms with Crippen LogP contribution in [0.25, 0.3) is 0 Å². The van der Waals surface area contributed by atoms with Crippen LogP contribution in [0.3, 0.4) is 0 Å². The van der Waals surface area contributed by atoms with Crippen LogP contribution >= 0.6 is 0 Å². The summed E-state index contributed by atoms with van der Waals surface area (Å²) in [6.45, 7) is 0. The fraction of sp³-hybridized carbons (Fsp3) is 0.500. The molecule has 1 aromatic carbocycles. The van der Waals surface area contributed by atoms with Crippen LogP contribution in [0.2, 0.25) is 0 Å². The van der Waals surface area contributed by atoms with Crippen LogP contribution in [0.5, 0.6) is 0 Å². The number of nitrogens with one attached hydrogen (secondary N) is 1. The molecule has 0 amide bonds. The lowest BCUT2D eigenvalue weighted by molar-refractivity contribution is -0.142. The Morgan fingerprint density at radius 1 is 1.09 bits per heavy atom. The molecule has 1 saturated carbocycles. The van der Waals surface area contributed by atoms with Gasteiger partial charge in [-0.2, -0.15) is 0 Å². The molecule has 0 aromatic heterocycles. The summed E-state index contributed by atoms with van der Waals surface area (Å²) in [5, 5.41) is 8.95. The van der Waals surface area contributed by atoms with Crippen LogP contribution in [0.1, 0.15) is 25.7 Å². The number of rotatable bonds is 5. The average Bonchev–Trinajstić information content (AvgIpc) is 2.46. The number of sulfonamides is 1. The minimum Gasteiger partial charge on any atom is -0.481 e. The molecule has 0 spiro atoms. The fourth-order valence-corrected chi connectivity index (χ4v) is 4.71. The second kappa shape index (κ2) is 6.58. The van der Waals surface area contributed by atoms with Gasteiger partial charge in [0, 0.05) is 12.3 Å². The molecular formula is C14H19NO6S2. The molecule has 1 aromatic rings. The Kier molecular flexibility index (Phi) is 5.12. The summed E-state index contributed by atoms with van der Waals surface area (Å²) < 4.78 is 50.3. The molecule has 0 radical (unpaired) electrons. The quantitative estimate of drug-likeness (QED) is 0.808. The van der Waals surface area contributed by atoms with Gasteiger partial charge in [0.2, 0.25) is 10.0 Å². The minimum absolute atomic E-state index is 0.0602. The second-order valence-electron chi connectivity index (χ2n) is 5.76. The Balaban J connectivity index is 2.13. The summed E-state index contributed by atoms with van der Waals surface area (Å²) in [4.78, 5) is 10.7. The number of carbonyl (C=O) groups is 1. The summed E-state index contributed by atoms with van der Waals surface area (Å²) in [5.74, 6) is -1.28. The number of aliphatic carboxylic acids is 1. The SMILES string of the molecule is CS(=O)(=O)c1cccc(S(=O)(=O)NC2CCC(C(=O)O)CC2)c1. The van der Waals surface area contributed by atoms with Gasteiger partial charge in [-0.1, -0.05) is 6.07 Å². The first-order valence-corrected chi connectivity index (χ1v) is 10.5. The van der Waals surface area contributed by atoms with Gasteiger partial charge in [0.25, 0.3) is 0 Å². The second-order valence-corrected chi connectivity index (χ2v) is 9.48. The van der Waals surface area contributed by atoms with Crippen molar-refractivity contribution in [2.24, 2.45) is 5.92 Å². The van der Waals surface area contributed by atoms with Crippen LogP contribution in [0, 0.1) is 5.92 Å². The maximum Gasteiger partial charge on any atom is 0.306 e. The maximum absolute atomic E-state index is 12.4. The van der Waals surface area contributed by atoms with Crippen LogP contribution in [-0.4, -0.2) is 40.2 Å². The lowest BCUT2D eigenvalue weighted by Gasteiger charge is -2.26. The third-order valence-corrected chi connectivity index (χ3v) is 6.57. The summed E-state index contributed by atoms with van der Waals surface area (Å²) >= 11 is 0. The Morgan fingerprint density at radius 3 is 2.17 bits per heavy atom. The first-order valence-electron chi connectivity index (χ1n) is 7.15. The van der Waals surface area contributed by atoms with Gasteiger partial charge in [0.15, 0.2) is 9.84 Å². The van der Waals surface area contributed by atoms with Crippen molar-refractivity contribution in [3.63, 3.8) is 0 Å². The van der Waals surface area contributed by atoms with Gasteiger partial charge >= 0.3 is 5.97 Å². The predicted octanol–water partition coefficient (Wildman–Crippen LogP) is 1.01. The zero-order valence-corrected chi connectivity index (χ0v) is 14.2. The van der Waals surface area contributed by atoms with Crippen molar-refractivity contribution < 1.29 is 26.7 Å². The first kappa shape index (κ1) is 17.9. The molecule has 0 atom stereocenters. The van der Waals surface area contributed by atoms with Crippen LogP contribution < -0.4 is 4.72 Å². The van der Waals surface area contributed by atoms with Crippen molar-refractivity contribution in [1.29, 1.82) is 0 Å². The van der Waals surface area contributed by atoms with Crippen molar-refractivity contribution in [3.8, 4) is 0 Å². The molecule has 0 saturated heterocycles. The van der Waals surface area contributed by atoms with E-state index in [1.54, 1.807) is 0 Å². The van der Waals surface area contributed by atoms with Gasteiger partial charge in [-0.3, -0.25) is 4.79 Å².